The van der Waals surface area contributed by atoms with E-state index in [4.69, 9.17) is 10.5 Å². The quantitative estimate of drug-likeness (QED) is 0.709. The average Bonchev–Trinajstić information content (AvgIpc) is 2.04. The lowest BCUT2D eigenvalue weighted by Gasteiger charge is -2.11. The number of anilines is 2. The molecule has 0 aromatic carbocycles. The number of hydrogen-bond donors (Lipinski definition) is 2. The minimum atomic E-state index is 0.173. The second kappa shape index (κ2) is 4.61. The van der Waals surface area contributed by atoms with Gasteiger partial charge in [-0.3, -0.25) is 0 Å². The second-order valence-electron chi connectivity index (χ2n) is 2.81. The molecule has 0 spiro atoms. The predicted molar refractivity (Wildman–Crippen MR) is 51.4 cm³/mol. The molecule has 1 unspecified atom stereocenters. The second-order valence-corrected chi connectivity index (χ2v) is 2.81. The van der Waals surface area contributed by atoms with Gasteiger partial charge in [0, 0.05) is 19.3 Å². The summed E-state index contributed by atoms with van der Waals surface area (Å²) in [5, 5.41) is 3.06. The lowest BCUT2D eigenvalue weighted by molar-refractivity contribution is 0.190. The van der Waals surface area contributed by atoms with Crippen LogP contribution < -0.4 is 11.1 Å². The van der Waals surface area contributed by atoms with E-state index in [2.05, 4.69) is 15.3 Å². The molecule has 0 saturated carbocycles. The molecule has 0 bridgehead atoms. The Hall–Kier alpha value is -1.36. The third-order valence-electron chi connectivity index (χ3n) is 1.47. The molecule has 1 atom stereocenters. The van der Waals surface area contributed by atoms with Gasteiger partial charge < -0.3 is 15.8 Å². The van der Waals surface area contributed by atoms with Gasteiger partial charge in [-0.1, -0.05) is 0 Å². The molecule has 0 radical (unpaired) electrons. The molecule has 0 amide bonds. The van der Waals surface area contributed by atoms with E-state index in [9.17, 15) is 0 Å². The Morgan fingerprint density at radius 3 is 3.08 bits per heavy atom. The smallest absolute Gasteiger partial charge is 0.224 e. The Morgan fingerprint density at radius 2 is 2.46 bits per heavy atom. The van der Waals surface area contributed by atoms with Crippen molar-refractivity contribution in [1.82, 2.24) is 9.97 Å². The summed E-state index contributed by atoms with van der Waals surface area (Å²) in [5.41, 5.74) is 5.49. The molecule has 0 saturated heterocycles. The molecule has 0 aliphatic carbocycles. The molecule has 1 heterocycles. The Morgan fingerprint density at radius 1 is 1.69 bits per heavy atom. The fraction of sp³-hybridized carbons (Fsp3) is 0.500. The van der Waals surface area contributed by atoms with Crippen LogP contribution >= 0.6 is 0 Å². The summed E-state index contributed by atoms with van der Waals surface area (Å²) in [6.07, 6.45) is 1.62. The van der Waals surface area contributed by atoms with E-state index in [1.807, 2.05) is 6.92 Å². The maximum atomic E-state index is 5.49. The number of nitrogens with zero attached hydrogens (tertiary/aromatic N) is 2. The molecule has 5 heteroatoms. The molecular weight excluding hydrogens is 168 g/mol. The van der Waals surface area contributed by atoms with Gasteiger partial charge in [0.2, 0.25) is 5.95 Å². The van der Waals surface area contributed by atoms with Gasteiger partial charge in [0.05, 0.1) is 6.61 Å². The summed E-state index contributed by atoms with van der Waals surface area (Å²) in [6, 6.07) is 1.82. The van der Waals surface area contributed by atoms with Crippen LogP contribution in [0.1, 0.15) is 6.92 Å². The molecule has 5 nitrogen and oxygen atoms in total. The standard InChI is InChI=1S/C8H14N4O/c1-6(5-13-2)11-8-10-4-3-7(9)12-8/h3-4,6H,5H2,1-2H3,(H3,9,10,11,12). The largest absolute Gasteiger partial charge is 0.384 e. The van der Waals surface area contributed by atoms with Crippen molar-refractivity contribution in [3.8, 4) is 0 Å². The number of hydrogen-bond acceptors (Lipinski definition) is 5. The number of ether oxygens (including phenoxy) is 1. The van der Waals surface area contributed by atoms with E-state index in [1.54, 1.807) is 19.4 Å². The van der Waals surface area contributed by atoms with Gasteiger partial charge in [0.1, 0.15) is 5.82 Å². The van der Waals surface area contributed by atoms with Gasteiger partial charge in [-0.2, -0.15) is 4.98 Å². The zero-order chi connectivity index (χ0) is 9.68. The first-order valence-electron chi connectivity index (χ1n) is 4.06. The number of nitrogen functional groups attached to an aromatic ring is 1. The summed E-state index contributed by atoms with van der Waals surface area (Å²) in [5.74, 6) is 0.992. The molecule has 3 N–H and O–H groups in total. The van der Waals surface area contributed by atoms with Crippen LogP contribution in [0, 0.1) is 0 Å². The SMILES string of the molecule is COCC(C)Nc1nccc(N)n1. The zero-order valence-corrected chi connectivity index (χ0v) is 7.82. The molecule has 1 aromatic rings. The highest BCUT2D eigenvalue weighted by molar-refractivity contribution is 5.35. The van der Waals surface area contributed by atoms with E-state index >= 15 is 0 Å². The number of nitrogens with two attached hydrogens (primary N) is 1. The number of rotatable bonds is 4. The zero-order valence-electron chi connectivity index (χ0n) is 7.82. The van der Waals surface area contributed by atoms with E-state index in [-0.39, 0.29) is 6.04 Å². The fourth-order valence-electron chi connectivity index (χ4n) is 0.954. The summed E-state index contributed by atoms with van der Waals surface area (Å²) in [4.78, 5) is 8.00. The van der Waals surface area contributed by atoms with Crippen LogP contribution in [0.15, 0.2) is 12.3 Å². The molecular formula is C8H14N4O. The van der Waals surface area contributed by atoms with Crippen molar-refractivity contribution in [2.75, 3.05) is 24.8 Å². The summed E-state index contributed by atoms with van der Waals surface area (Å²) in [7, 11) is 1.65. The van der Waals surface area contributed by atoms with E-state index < -0.39 is 0 Å². The minimum absolute atomic E-state index is 0.173. The van der Waals surface area contributed by atoms with Crippen molar-refractivity contribution in [3.63, 3.8) is 0 Å². The van der Waals surface area contributed by atoms with Crippen LogP contribution in [0.5, 0.6) is 0 Å². The highest BCUT2D eigenvalue weighted by atomic mass is 16.5. The predicted octanol–water partition coefficient (Wildman–Crippen LogP) is 0.506. The summed E-state index contributed by atoms with van der Waals surface area (Å²) < 4.78 is 4.96. The Labute approximate surface area is 77.3 Å². The van der Waals surface area contributed by atoms with Crippen molar-refractivity contribution in [1.29, 1.82) is 0 Å². The third kappa shape index (κ3) is 3.25. The van der Waals surface area contributed by atoms with E-state index in [1.165, 1.54) is 0 Å². The average molecular weight is 182 g/mol. The highest BCUT2D eigenvalue weighted by Gasteiger charge is 2.02. The fourth-order valence-corrected chi connectivity index (χ4v) is 0.954. The lowest BCUT2D eigenvalue weighted by Crippen LogP contribution is -2.22. The Balaban J connectivity index is 2.53. The van der Waals surface area contributed by atoms with Crippen LogP contribution in [-0.4, -0.2) is 29.7 Å². The van der Waals surface area contributed by atoms with E-state index in [0.717, 1.165) is 0 Å². The molecule has 0 aliphatic rings. The highest BCUT2D eigenvalue weighted by Crippen LogP contribution is 2.02. The van der Waals surface area contributed by atoms with Crippen LogP contribution in [-0.2, 0) is 4.74 Å². The third-order valence-corrected chi connectivity index (χ3v) is 1.47. The first-order chi connectivity index (χ1) is 6.22. The van der Waals surface area contributed by atoms with Crippen molar-refractivity contribution in [2.45, 2.75) is 13.0 Å². The van der Waals surface area contributed by atoms with Crippen LogP contribution in [0.3, 0.4) is 0 Å². The van der Waals surface area contributed by atoms with Gasteiger partial charge in [-0.25, -0.2) is 4.98 Å². The lowest BCUT2D eigenvalue weighted by atomic mass is 10.4. The first-order valence-corrected chi connectivity index (χ1v) is 4.06. The maximum absolute atomic E-state index is 5.49. The van der Waals surface area contributed by atoms with Crippen molar-refractivity contribution in [3.05, 3.63) is 12.3 Å². The summed E-state index contributed by atoms with van der Waals surface area (Å²) in [6.45, 7) is 2.59. The normalized spacial score (nSPS) is 12.5. The molecule has 72 valence electrons. The van der Waals surface area contributed by atoms with Gasteiger partial charge in [0.25, 0.3) is 0 Å². The van der Waals surface area contributed by atoms with Gasteiger partial charge >= 0.3 is 0 Å². The molecule has 1 rings (SSSR count). The van der Waals surface area contributed by atoms with Crippen molar-refractivity contribution in [2.24, 2.45) is 0 Å². The molecule has 13 heavy (non-hydrogen) atoms. The number of aromatic nitrogens is 2. The minimum Gasteiger partial charge on any atom is -0.384 e. The van der Waals surface area contributed by atoms with Gasteiger partial charge in [0.15, 0.2) is 0 Å². The van der Waals surface area contributed by atoms with Gasteiger partial charge in [-0.05, 0) is 13.0 Å². The summed E-state index contributed by atoms with van der Waals surface area (Å²) >= 11 is 0. The number of methoxy groups -OCH3 is 1. The molecule has 1 aromatic heterocycles. The van der Waals surface area contributed by atoms with Gasteiger partial charge in [-0.15, -0.1) is 0 Å². The molecule has 0 fully saturated rings. The van der Waals surface area contributed by atoms with E-state index in [0.29, 0.717) is 18.4 Å². The number of nitrogens with one attached hydrogen (secondary N) is 1. The van der Waals surface area contributed by atoms with Crippen LogP contribution in [0.2, 0.25) is 0 Å². The Bertz CT molecular complexity index is 266. The Kier molecular flexibility index (Phi) is 3.45. The van der Waals surface area contributed by atoms with Crippen LogP contribution in [0.25, 0.3) is 0 Å². The van der Waals surface area contributed by atoms with Crippen molar-refractivity contribution < 1.29 is 4.74 Å². The van der Waals surface area contributed by atoms with Crippen molar-refractivity contribution >= 4 is 11.8 Å². The maximum Gasteiger partial charge on any atom is 0.224 e. The van der Waals surface area contributed by atoms with Crippen LogP contribution in [0.4, 0.5) is 11.8 Å². The monoisotopic (exact) mass is 182 g/mol. The molecule has 0 aliphatic heterocycles. The topological polar surface area (TPSA) is 73.1 Å². The first kappa shape index (κ1) is 9.73.